The lowest BCUT2D eigenvalue weighted by Crippen LogP contribution is -2.33. The first-order valence-electron chi connectivity index (χ1n) is 7.73. The van der Waals surface area contributed by atoms with E-state index in [1.165, 1.54) is 11.8 Å². The second-order valence-electron chi connectivity index (χ2n) is 6.04. The minimum absolute atomic E-state index is 0.0129. The first-order chi connectivity index (χ1) is 11.2. The third-order valence-corrected chi connectivity index (χ3v) is 4.24. The molecular formula is C16H19F3N2O3. The maximum absolute atomic E-state index is 12.8. The van der Waals surface area contributed by atoms with Crippen molar-refractivity contribution in [1.29, 1.82) is 0 Å². The van der Waals surface area contributed by atoms with Gasteiger partial charge in [-0.1, -0.05) is 0 Å². The minimum Gasteiger partial charge on any atom is -0.481 e. The van der Waals surface area contributed by atoms with Crippen LogP contribution in [0.15, 0.2) is 12.3 Å². The summed E-state index contributed by atoms with van der Waals surface area (Å²) in [7, 11) is 0. The molecule has 1 saturated heterocycles. The molecule has 8 heteroatoms. The normalized spacial score (nSPS) is 19.0. The Kier molecular flexibility index (Phi) is 5.46. The molecule has 1 unspecified atom stereocenters. The zero-order valence-corrected chi connectivity index (χ0v) is 13.3. The van der Waals surface area contributed by atoms with Crippen molar-refractivity contribution in [3.63, 3.8) is 0 Å². The molecule has 0 radical (unpaired) electrons. The minimum atomic E-state index is -4.55. The molecule has 1 aliphatic rings. The van der Waals surface area contributed by atoms with Gasteiger partial charge >= 0.3 is 12.1 Å². The van der Waals surface area contributed by atoms with Crippen molar-refractivity contribution in [2.45, 2.75) is 38.8 Å². The van der Waals surface area contributed by atoms with Crippen LogP contribution in [0, 0.1) is 12.8 Å². The van der Waals surface area contributed by atoms with E-state index in [9.17, 15) is 22.8 Å². The van der Waals surface area contributed by atoms with E-state index in [0.717, 1.165) is 12.3 Å². The van der Waals surface area contributed by atoms with Gasteiger partial charge in [0, 0.05) is 25.7 Å². The third-order valence-electron chi connectivity index (χ3n) is 4.24. The highest BCUT2D eigenvalue weighted by Gasteiger charge is 2.33. The smallest absolute Gasteiger partial charge is 0.417 e. The van der Waals surface area contributed by atoms with Crippen LogP contribution in [0.5, 0.6) is 0 Å². The maximum Gasteiger partial charge on any atom is 0.417 e. The summed E-state index contributed by atoms with van der Waals surface area (Å²) < 4.78 is 38.5. The molecule has 1 atom stereocenters. The van der Waals surface area contributed by atoms with Gasteiger partial charge in [0.15, 0.2) is 0 Å². The molecule has 0 saturated carbocycles. The molecule has 0 aliphatic carbocycles. The van der Waals surface area contributed by atoms with Crippen LogP contribution in [0.4, 0.5) is 13.2 Å². The first-order valence-corrected chi connectivity index (χ1v) is 7.73. The predicted molar refractivity (Wildman–Crippen MR) is 79.5 cm³/mol. The summed E-state index contributed by atoms with van der Waals surface area (Å²) in [6.07, 6.45) is -1.93. The lowest BCUT2D eigenvalue weighted by molar-refractivity contribution is -0.138. The Morgan fingerprint density at radius 1 is 1.33 bits per heavy atom. The fourth-order valence-corrected chi connectivity index (χ4v) is 2.89. The van der Waals surface area contributed by atoms with Crippen molar-refractivity contribution in [3.8, 4) is 0 Å². The van der Waals surface area contributed by atoms with Gasteiger partial charge in [0.25, 0.3) is 5.91 Å². The average molecular weight is 344 g/mol. The zero-order valence-electron chi connectivity index (χ0n) is 13.3. The Morgan fingerprint density at radius 2 is 2.04 bits per heavy atom. The number of carboxylic acids is 1. The van der Waals surface area contributed by atoms with Crippen molar-refractivity contribution in [2.75, 3.05) is 13.1 Å². The highest BCUT2D eigenvalue weighted by Crippen LogP contribution is 2.30. The summed E-state index contributed by atoms with van der Waals surface area (Å²) in [4.78, 5) is 28.6. The lowest BCUT2D eigenvalue weighted by atomic mass is 9.97. The number of alkyl halides is 3. The predicted octanol–water partition coefficient (Wildman–Crippen LogP) is 3.13. The van der Waals surface area contributed by atoms with Gasteiger partial charge in [0.2, 0.25) is 0 Å². The second-order valence-corrected chi connectivity index (χ2v) is 6.04. The van der Waals surface area contributed by atoms with Crippen molar-refractivity contribution < 1.29 is 27.9 Å². The molecule has 2 rings (SSSR count). The number of carbonyl (C=O) groups excluding carboxylic acids is 1. The van der Waals surface area contributed by atoms with Gasteiger partial charge in [-0.2, -0.15) is 13.2 Å². The summed E-state index contributed by atoms with van der Waals surface area (Å²) in [5.41, 5.74) is -0.754. The van der Waals surface area contributed by atoms with Gasteiger partial charge < -0.3 is 10.0 Å². The van der Waals surface area contributed by atoms with Gasteiger partial charge in [-0.25, -0.2) is 0 Å². The Morgan fingerprint density at radius 3 is 2.67 bits per heavy atom. The summed E-state index contributed by atoms with van der Waals surface area (Å²) in [6.45, 7) is 2.25. The number of aryl methyl sites for hydroxylation is 1. The summed E-state index contributed by atoms with van der Waals surface area (Å²) >= 11 is 0. The van der Waals surface area contributed by atoms with Gasteiger partial charge in [0.1, 0.15) is 0 Å². The van der Waals surface area contributed by atoms with Crippen molar-refractivity contribution >= 4 is 11.9 Å². The fourth-order valence-electron chi connectivity index (χ4n) is 2.89. The zero-order chi connectivity index (χ0) is 17.9. The second kappa shape index (κ2) is 7.19. The number of rotatable bonds is 3. The number of carboxylic acid groups (broad SMARTS) is 1. The molecule has 1 aromatic heterocycles. The van der Waals surface area contributed by atoms with Crippen LogP contribution in [0.25, 0.3) is 0 Å². The molecule has 132 valence electrons. The van der Waals surface area contributed by atoms with Crippen LogP contribution in [0.1, 0.15) is 47.3 Å². The van der Waals surface area contributed by atoms with Gasteiger partial charge in [-0.15, -0.1) is 0 Å². The van der Waals surface area contributed by atoms with E-state index in [1.807, 2.05) is 0 Å². The monoisotopic (exact) mass is 344 g/mol. The van der Waals surface area contributed by atoms with Crippen LogP contribution >= 0.6 is 0 Å². The van der Waals surface area contributed by atoms with Crippen LogP contribution in [0.3, 0.4) is 0 Å². The number of nitrogens with zero attached hydrogens (tertiary/aromatic N) is 2. The Hall–Kier alpha value is -2.12. The van der Waals surface area contributed by atoms with E-state index in [1.54, 1.807) is 0 Å². The van der Waals surface area contributed by atoms with Crippen LogP contribution < -0.4 is 0 Å². The van der Waals surface area contributed by atoms with E-state index in [0.29, 0.717) is 32.4 Å². The van der Waals surface area contributed by atoms with E-state index >= 15 is 0 Å². The molecule has 0 aromatic carbocycles. The molecule has 1 amide bonds. The Bertz CT molecular complexity index is 631. The average Bonchev–Trinajstić information content (AvgIpc) is 2.71. The van der Waals surface area contributed by atoms with Crippen molar-refractivity contribution in [1.82, 2.24) is 9.88 Å². The van der Waals surface area contributed by atoms with Crippen molar-refractivity contribution in [2.24, 2.45) is 5.92 Å². The number of aliphatic carboxylic acids is 1. The van der Waals surface area contributed by atoms with E-state index in [-0.39, 0.29) is 23.6 Å². The SMILES string of the molecule is Cc1ncc(C(F)(F)F)cc1C(=O)N1CCCC(CC(=O)O)CC1. The molecule has 2 heterocycles. The molecule has 0 spiro atoms. The van der Waals surface area contributed by atoms with Crippen molar-refractivity contribution in [3.05, 3.63) is 29.1 Å². The highest BCUT2D eigenvalue weighted by molar-refractivity contribution is 5.95. The molecule has 0 bridgehead atoms. The number of pyridine rings is 1. The fraction of sp³-hybridized carbons (Fsp3) is 0.562. The molecule has 1 N–H and O–H groups in total. The number of amides is 1. The standard InChI is InChI=1S/C16H19F3N2O3/c1-10-13(8-12(9-20-10)16(17,18)19)15(24)21-5-2-3-11(4-6-21)7-14(22)23/h8-9,11H,2-7H2,1H3,(H,22,23). The van der Waals surface area contributed by atoms with E-state index in [2.05, 4.69) is 4.98 Å². The van der Waals surface area contributed by atoms with Crippen LogP contribution in [-0.2, 0) is 11.0 Å². The van der Waals surface area contributed by atoms with Crippen LogP contribution in [0.2, 0.25) is 0 Å². The van der Waals surface area contributed by atoms with E-state index < -0.39 is 23.6 Å². The summed E-state index contributed by atoms with van der Waals surface area (Å²) in [6, 6.07) is 0.838. The number of carbonyl (C=O) groups is 2. The van der Waals surface area contributed by atoms with Gasteiger partial charge in [-0.3, -0.25) is 14.6 Å². The summed E-state index contributed by atoms with van der Waals surface area (Å²) in [5, 5.41) is 8.86. The molecular weight excluding hydrogens is 325 g/mol. The van der Waals surface area contributed by atoms with Gasteiger partial charge in [-0.05, 0) is 38.2 Å². The Balaban J connectivity index is 2.15. The number of hydrogen-bond donors (Lipinski definition) is 1. The number of aromatic nitrogens is 1. The quantitative estimate of drug-likeness (QED) is 0.915. The first kappa shape index (κ1) is 18.2. The summed E-state index contributed by atoms with van der Waals surface area (Å²) in [5.74, 6) is -1.37. The molecule has 1 fully saturated rings. The van der Waals surface area contributed by atoms with Gasteiger partial charge in [0.05, 0.1) is 16.8 Å². The number of halogens is 3. The highest BCUT2D eigenvalue weighted by atomic mass is 19.4. The number of likely N-dealkylation sites (tertiary alicyclic amines) is 1. The molecule has 1 aliphatic heterocycles. The number of hydrogen-bond acceptors (Lipinski definition) is 3. The van der Waals surface area contributed by atoms with E-state index in [4.69, 9.17) is 5.11 Å². The third kappa shape index (κ3) is 4.46. The Labute approximate surface area is 137 Å². The topological polar surface area (TPSA) is 70.5 Å². The lowest BCUT2D eigenvalue weighted by Gasteiger charge is -2.22. The largest absolute Gasteiger partial charge is 0.481 e. The van der Waals surface area contributed by atoms with Crippen LogP contribution in [-0.4, -0.2) is 40.0 Å². The maximum atomic E-state index is 12.8. The molecule has 24 heavy (non-hydrogen) atoms. The molecule has 1 aromatic rings. The molecule has 5 nitrogen and oxygen atoms in total.